The van der Waals surface area contributed by atoms with Crippen LogP contribution in [-0.4, -0.2) is 31.7 Å². The molecule has 7 heteroatoms. The van der Waals surface area contributed by atoms with E-state index in [9.17, 15) is 17.6 Å². The highest BCUT2D eigenvalue weighted by Crippen LogP contribution is 2.29. The minimum Gasteiger partial charge on any atom is -0.349 e. The van der Waals surface area contributed by atoms with Gasteiger partial charge >= 0.3 is 0 Å². The van der Waals surface area contributed by atoms with Gasteiger partial charge in [-0.05, 0) is 80.0 Å². The number of rotatable bonds is 5. The summed E-state index contributed by atoms with van der Waals surface area (Å²) < 4.78 is 40.7. The third-order valence-electron chi connectivity index (χ3n) is 6.26. The molecule has 0 radical (unpaired) electrons. The molecule has 0 bridgehead atoms. The first-order valence-electron chi connectivity index (χ1n) is 10.5. The fraction of sp³-hybridized carbons (Fsp3) is 0.435. The summed E-state index contributed by atoms with van der Waals surface area (Å²) in [5.74, 6) is -0.616. The van der Waals surface area contributed by atoms with Crippen LogP contribution in [0.3, 0.4) is 0 Å². The lowest BCUT2D eigenvalue weighted by molar-refractivity contribution is -0.126. The molecule has 1 aliphatic carbocycles. The lowest BCUT2D eigenvalue weighted by Gasteiger charge is -2.31. The molecule has 1 aliphatic heterocycles. The number of carbonyl (C=O) groups excluding carboxylic acids is 1. The van der Waals surface area contributed by atoms with Crippen LogP contribution >= 0.6 is 0 Å². The first-order valence-corrected chi connectivity index (χ1v) is 12.0. The molecule has 1 unspecified atom stereocenters. The van der Waals surface area contributed by atoms with E-state index < -0.39 is 10.0 Å². The van der Waals surface area contributed by atoms with E-state index in [1.54, 1.807) is 18.2 Å². The van der Waals surface area contributed by atoms with Crippen molar-refractivity contribution in [3.8, 4) is 0 Å². The maximum Gasteiger partial charge on any atom is 0.243 e. The van der Waals surface area contributed by atoms with Gasteiger partial charge in [0.05, 0.1) is 10.9 Å². The molecule has 1 amide bonds. The van der Waals surface area contributed by atoms with Gasteiger partial charge in [-0.15, -0.1) is 0 Å². The third-order valence-corrected chi connectivity index (χ3v) is 8.16. The van der Waals surface area contributed by atoms with Crippen LogP contribution < -0.4 is 5.32 Å². The number of nitrogens with one attached hydrogen (secondary N) is 1. The minimum atomic E-state index is -3.54. The maximum atomic E-state index is 13.1. The highest BCUT2D eigenvalue weighted by atomic mass is 32.2. The molecule has 160 valence electrons. The second-order valence-corrected chi connectivity index (χ2v) is 10.2. The average Bonchev–Trinajstić information content (AvgIpc) is 3.22. The van der Waals surface area contributed by atoms with Crippen molar-refractivity contribution in [1.29, 1.82) is 0 Å². The zero-order valence-electron chi connectivity index (χ0n) is 17.1. The monoisotopic (exact) mass is 430 g/mol. The van der Waals surface area contributed by atoms with Crippen molar-refractivity contribution in [2.45, 2.75) is 50.0 Å². The quantitative estimate of drug-likeness (QED) is 0.788. The zero-order valence-corrected chi connectivity index (χ0v) is 17.9. The smallest absolute Gasteiger partial charge is 0.243 e. The van der Waals surface area contributed by atoms with Gasteiger partial charge in [0.1, 0.15) is 5.82 Å². The Labute approximate surface area is 177 Å². The van der Waals surface area contributed by atoms with Crippen molar-refractivity contribution in [2.75, 3.05) is 13.1 Å². The van der Waals surface area contributed by atoms with E-state index in [1.165, 1.54) is 22.0 Å². The molecule has 0 aromatic heterocycles. The van der Waals surface area contributed by atoms with E-state index in [-0.39, 0.29) is 23.7 Å². The van der Waals surface area contributed by atoms with Gasteiger partial charge in [0, 0.05) is 19.0 Å². The molecule has 30 heavy (non-hydrogen) atoms. The topological polar surface area (TPSA) is 66.5 Å². The second kappa shape index (κ2) is 8.47. The van der Waals surface area contributed by atoms with E-state index in [0.717, 1.165) is 30.4 Å². The Balaban J connectivity index is 1.36. The van der Waals surface area contributed by atoms with Gasteiger partial charge in [0.2, 0.25) is 15.9 Å². The fourth-order valence-electron chi connectivity index (χ4n) is 4.38. The van der Waals surface area contributed by atoms with Gasteiger partial charge in [-0.2, -0.15) is 4.31 Å². The number of sulfonamides is 1. The molecule has 1 N–H and O–H groups in total. The van der Waals surface area contributed by atoms with Gasteiger partial charge in [-0.25, -0.2) is 12.8 Å². The van der Waals surface area contributed by atoms with Crippen LogP contribution in [0.4, 0.5) is 4.39 Å². The number of carbonyl (C=O) groups is 1. The molecule has 1 heterocycles. The molecule has 1 fully saturated rings. The summed E-state index contributed by atoms with van der Waals surface area (Å²) in [6, 6.07) is 11.3. The predicted octanol–water partition coefficient (Wildman–Crippen LogP) is 3.59. The summed E-state index contributed by atoms with van der Waals surface area (Å²) in [6.45, 7) is 2.53. The van der Waals surface area contributed by atoms with Gasteiger partial charge in [0.25, 0.3) is 0 Å². The summed E-state index contributed by atoms with van der Waals surface area (Å²) in [5.41, 5.74) is 3.22. The molecule has 1 atom stereocenters. The number of aryl methyl sites for hydroxylation is 2. The highest BCUT2D eigenvalue weighted by molar-refractivity contribution is 7.89. The molecule has 0 spiro atoms. The van der Waals surface area contributed by atoms with Crippen molar-refractivity contribution in [1.82, 2.24) is 9.62 Å². The SMILES string of the molecule is CC(NC(=O)C1CCN(S(=O)(=O)c2ccc3c(c2)CCC3)CC1)c1ccc(F)cc1. The van der Waals surface area contributed by atoms with Crippen molar-refractivity contribution < 1.29 is 17.6 Å². The van der Waals surface area contributed by atoms with Crippen LogP contribution in [0.25, 0.3) is 0 Å². The van der Waals surface area contributed by atoms with Crippen LogP contribution in [0, 0.1) is 11.7 Å². The van der Waals surface area contributed by atoms with Crippen LogP contribution in [0.2, 0.25) is 0 Å². The van der Waals surface area contributed by atoms with Crippen molar-refractivity contribution >= 4 is 15.9 Å². The molecular formula is C23H27FN2O3S. The highest BCUT2D eigenvalue weighted by Gasteiger charge is 2.33. The summed E-state index contributed by atoms with van der Waals surface area (Å²) in [7, 11) is -3.54. The Morgan fingerprint density at radius 1 is 1.07 bits per heavy atom. The molecule has 2 aliphatic rings. The Morgan fingerprint density at radius 3 is 2.43 bits per heavy atom. The Kier molecular flexibility index (Phi) is 5.93. The van der Waals surface area contributed by atoms with Gasteiger partial charge in [-0.3, -0.25) is 4.79 Å². The van der Waals surface area contributed by atoms with E-state index in [0.29, 0.717) is 30.8 Å². The first kappa shape index (κ1) is 21.0. The molecular weight excluding hydrogens is 403 g/mol. The van der Waals surface area contributed by atoms with Crippen molar-refractivity contribution in [3.63, 3.8) is 0 Å². The van der Waals surface area contributed by atoms with Gasteiger partial charge in [-0.1, -0.05) is 18.2 Å². The number of fused-ring (bicyclic) bond motifs is 1. The number of halogens is 1. The molecule has 1 saturated heterocycles. The summed E-state index contributed by atoms with van der Waals surface area (Å²) in [6.07, 6.45) is 4.02. The number of nitrogens with zero attached hydrogens (tertiary/aromatic N) is 1. The molecule has 0 saturated carbocycles. The summed E-state index contributed by atoms with van der Waals surface area (Å²) >= 11 is 0. The van der Waals surface area contributed by atoms with Gasteiger partial charge < -0.3 is 5.32 Å². The molecule has 2 aromatic carbocycles. The Hall–Kier alpha value is -2.25. The van der Waals surface area contributed by atoms with E-state index in [1.807, 2.05) is 19.1 Å². The Bertz CT molecular complexity index is 1030. The van der Waals surface area contributed by atoms with E-state index >= 15 is 0 Å². The van der Waals surface area contributed by atoms with E-state index in [4.69, 9.17) is 0 Å². The number of hydrogen-bond donors (Lipinski definition) is 1. The predicted molar refractivity (Wildman–Crippen MR) is 113 cm³/mol. The molecule has 5 nitrogen and oxygen atoms in total. The fourth-order valence-corrected chi connectivity index (χ4v) is 5.90. The van der Waals surface area contributed by atoms with E-state index in [2.05, 4.69) is 5.32 Å². The molecule has 2 aromatic rings. The second-order valence-electron chi connectivity index (χ2n) is 8.24. The average molecular weight is 431 g/mol. The van der Waals surface area contributed by atoms with Crippen LogP contribution in [0.1, 0.15) is 48.9 Å². The largest absolute Gasteiger partial charge is 0.349 e. The molecule has 4 rings (SSSR count). The number of amides is 1. The number of piperidine rings is 1. The summed E-state index contributed by atoms with van der Waals surface area (Å²) in [5, 5.41) is 2.97. The zero-order chi connectivity index (χ0) is 21.3. The third kappa shape index (κ3) is 4.27. The number of benzene rings is 2. The first-order chi connectivity index (χ1) is 14.3. The van der Waals surface area contributed by atoms with Crippen LogP contribution in [-0.2, 0) is 27.7 Å². The van der Waals surface area contributed by atoms with Crippen LogP contribution in [0.5, 0.6) is 0 Å². The van der Waals surface area contributed by atoms with Crippen molar-refractivity contribution in [2.24, 2.45) is 5.92 Å². The van der Waals surface area contributed by atoms with Crippen LogP contribution in [0.15, 0.2) is 47.4 Å². The summed E-state index contributed by atoms with van der Waals surface area (Å²) in [4.78, 5) is 13.0. The maximum absolute atomic E-state index is 13.1. The normalized spacial score (nSPS) is 18.7. The number of hydrogen-bond acceptors (Lipinski definition) is 3. The van der Waals surface area contributed by atoms with Gasteiger partial charge in [0.15, 0.2) is 0 Å². The lowest BCUT2D eigenvalue weighted by Crippen LogP contribution is -2.43. The minimum absolute atomic E-state index is 0.0820. The standard InChI is InChI=1S/C23H27FN2O3S/c1-16(17-5-8-21(24)9-6-17)25-23(27)19-11-13-26(14-12-19)30(28,29)22-10-7-18-3-2-4-20(18)15-22/h5-10,15-16,19H,2-4,11-14H2,1H3,(H,25,27). The Morgan fingerprint density at radius 2 is 1.73 bits per heavy atom. The van der Waals surface area contributed by atoms with Crippen molar-refractivity contribution in [3.05, 3.63) is 65.0 Å². The lowest BCUT2D eigenvalue weighted by atomic mass is 9.96.